The smallest absolute Gasteiger partial charge is 0.291 e. The number of likely N-dealkylation sites (tertiary alicyclic amines) is 1. The van der Waals surface area contributed by atoms with Gasteiger partial charge >= 0.3 is 6.18 Å². The van der Waals surface area contributed by atoms with E-state index in [1.165, 1.54) is 28.8 Å². The molecule has 8 rings (SSSR count). The van der Waals surface area contributed by atoms with Crippen molar-refractivity contribution in [2.75, 3.05) is 6.54 Å². The van der Waals surface area contributed by atoms with E-state index in [9.17, 15) is 13.2 Å². The lowest BCUT2D eigenvalue weighted by molar-refractivity contribution is -0.137. The summed E-state index contributed by atoms with van der Waals surface area (Å²) >= 11 is 0. The molecule has 2 aromatic heterocycles. The molecule has 4 aliphatic rings. The summed E-state index contributed by atoms with van der Waals surface area (Å²) < 4.78 is 40.2. The molecule has 1 saturated heterocycles. The van der Waals surface area contributed by atoms with Crippen LogP contribution in [0.15, 0.2) is 104 Å². The van der Waals surface area contributed by atoms with E-state index in [1.807, 2.05) is 24.5 Å². The molecule has 4 aromatic rings. The highest BCUT2D eigenvalue weighted by atomic mass is 19.4. The third-order valence-electron chi connectivity index (χ3n) is 9.42. The largest absolute Gasteiger partial charge is 0.416 e. The van der Waals surface area contributed by atoms with Gasteiger partial charge in [-0.05, 0) is 76.6 Å². The molecule has 0 amide bonds. The van der Waals surface area contributed by atoms with Gasteiger partial charge in [-0.2, -0.15) is 13.2 Å². The molecule has 4 fully saturated rings. The molecule has 2 bridgehead atoms. The third-order valence-corrected chi connectivity index (χ3v) is 9.42. The van der Waals surface area contributed by atoms with Gasteiger partial charge in [-0.3, -0.25) is 14.9 Å². The van der Waals surface area contributed by atoms with Crippen molar-refractivity contribution in [3.63, 3.8) is 0 Å². The van der Waals surface area contributed by atoms with Crippen LogP contribution in [-0.2, 0) is 18.1 Å². The minimum absolute atomic E-state index is 0.0484. The fourth-order valence-electron chi connectivity index (χ4n) is 8.26. The Morgan fingerprint density at radius 1 is 0.789 bits per heavy atom. The Morgan fingerprint density at radius 2 is 1.50 bits per heavy atom. The molecule has 6 heteroatoms. The van der Waals surface area contributed by atoms with Crippen LogP contribution in [-0.4, -0.2) is 21.4 Å². The molecule has 3 atom stereocenters. The maximum atomic E-state index is 13.4. The SMILES string of the molecule is FC(F)(F)c1ccc(C2[C@H]3CN(Cc4cccnc4)[C@H](c4ccccc4)C34CC2(c2cccnc2)C4)cc1. The van der Waals surface area contributed by atoms with Gasteiger partial charge in [-0.15, -0.1) is 0 Å². The Labute approximate surface area is 220 Å². The maximum absolute atomic E-state index is 13.4. The molecular formula is C32H28F3N3. The van der Waals surface area contributed by atoms with Gasteiger partial charge in [0.15, 0.2) is 0 Å². The minimum Gasteiger partial charge on any atom is -0.291 e. The van der Waals surface area contributed by atoms with Crippen LogP contribution in [0.2, 0.25) is 0 Å². The number of nitrogens with zero attached hydrogens (tertiary/aromatic N) is 3. The molecule has 3 aliphatic carbocycles. The fraction of sp³-hybridized carbons (Fsp3) is 0.312. The monoisotopic (exact) mass is 511 g/mol. The van der Waals surface area contributed by atoms with E-state index < -0.39 is 11.7 Å². The van der Waals surface area contributed by atoms with Crippen molar-refractivity contribution in [3.8, 4) is 0 Å². The minimum atomic E-state index is -4.34. The van der Waals surface area contributed by atoms with E-state index >= 15 is 0 Å². The van der Waals surface area contributed by atoms with Crippen LogP contribution in [0, 0.1) is 11.3 Å². The maximum Gasteiger partial charge on any atom is 0.416 e. The van der Waals surface area contributed by atoms with Crippen LogP contribution in [0.4, 0.5) is 13.2 Å². The first-order valence-corrected chi connectivity index (χ1v) is 13.2. The van der Waals surface area contributed by atoms with Crippen molar-refractivity contribution in [1.29, 1.82) is 0 Å². The average molecular weight is 512 g/mol. The molecule has 38 heavy (non-hydrogen) atoms. The Hall–Kier alpha value is -3.51. The summed E-state index contributed by atoms with van der Waals surface area (Å²) in [5, 5.41) is 0. The summed E-state index contributed by atoms with van der Waals surface area (Å²) in [5.74, 6) is 0.445. The van der Waals surface area contributed by atoms with Crippen molar-refractivity contribution in [1.82, 2.24) is 14.9 Å². The first-order valence-electron chi connectivity index (χ1n) is 13.2. The van der Waals surface area contributed by atoms with Crippen molar-refractivity contribution in [2.24, 2.45) is 11.3 Å². The summed E-state index contributed by atoms with van der Waals surface area (Å²) in [7, 11) is 0. The van der Waals surface area contributed by atoms with Gasteiger partial charge in [-0.1, -0.05) is 54.6 Å². The van der Waals surface area contributed by atoms with Crippen molar-refractivity contribution < 1.29 is 13.2 Å². The summed E-state index contributed by atoms with van der Waals surface area (Å²) in [6.45, 7) is 1.69. The highest BCUT2D eigenvalue weighted by molar-refractivity contribution is 5.48. The van der Waals surface area contributed by atoms with Crippen molar-refractivity contribution in [3.05, 3.63) is 131 Å². The predicted octanol–water partition coefficient (Wildman–Crippen LogP) is 7.18. The second-order valence-electron chi connectivity index (χ2n) is 11.3. The van der Waals surface area contributed by atoms with Crippen LogP contribution in [0.5, 0.6) is 0 Å². The summed E-state index contributed by atoms with van der Waals surface area (Å²) in [5.41, 5.74) is 4.03. The van der Waals surface area contributed by atoms with Gasteiger partial charge < -0.3 is 0 Å². The molecule has 1 spiro atoms. The van der Waals surface area contributed by atoms with E-state index in [1.54, 1.807) is 24.5 Å². The van der Waals surface area contributed by atoms with Gasteiger partial charge in [0.2, 0.25) is 0 Å². The Kier molecular flexibility index (Phi) is 5.28. The standard InChI is InChI=1S/C32H28F3N3/c33-32(34,35)25-12-10-23(11-13-25)28-27-19-38(18-22-6-4-14-36-16-22)29(24-7-2-1-3-8-24)31(27)20-30(28,21-31)26-9-5-15-37-17-26/h1-17,27-29H,18-21H2/t27-,28?,29-,30?,31?/m1/s1. The van der Waals surface area contributed by atoms with Gasteiger partial charge in [-0.25, -0.2) is 0 Å². The van der Waals surface area contributed by atoms with E-state index in [2.05, 4.69) is 57.3 Å². The molecule has 0 N–H and O–H groups in total. The summed E-state index contributed by atoms with van der Waals surface area (Å²) in [4.78, 5) is 11.4. The molecule has 0 radical (unpaired) electrons. The molecular weight excluding hydrogens is 483 g/mol. The van der Waals surface area contributed by atoms with E-state index in [-0.39, 0.29) is 22.8 Å². The molecule has 192 valence electrons. The van der Waals surface area contributed by atoms with Gasteiger partial charge in [0.05, 0.1) is 5.56 Å². The van der Waals surface area contributed by atoms with Crippen LogP contribution in [0.25, 0.3) is 0 Å². The molecule has 3 saturated carbocycles. The highest BCUT2D eigenvalue weighted by Crippen LogP contribution is 2.82. The lowest BCUT2D eigenvalue weighted by Crippen LogP contribution is -2.47. The normalized spacial score (nSPS) is 30.1. The topological polar surface area (TPSA) is 29.0 Å². The van der Waals surface area contributed by atoms with Crippen LogP contribution in [0.1, 0.15) is 52.6 Å². The fourth-order valence-corrected chi connectivity index (χ4v) is 8.26. The summed E-state index contributed by atoms with van der Waals surface area (Å²) in [6.07, 6.45) is 5.16. The zero-order valence-corrected chi connectivity index (χ0v) is 20.9. The van der Waals surface area contributed by atoms with E-state index in [0.717, 1.165) is 31.5 Å². The second-order valence-corrected chi connectivity index (χ2v) is 11.3. The second kappa shape index (κ2) is 8.50. The van der Waals surface area contributed by atoms with E-state index in [0.29, 0.717) is 5.92 Å². The Bertz CT molecular complexity index is 1420. The van der Waals surface area contributed by atoms with Crippen LogP contribution in [0.3, 0.4) is 0 Å². The molecule has 3 heterocycles. The first kappa shape index (κ1) is 23.6. The van der Waals surface area contributed by atoms with Crippen molar-refractivity contribution >= 4 is 0 Å². The van der Waals surface area contributed by atoms with Gasteiger partial charge in [0, 0.05) is 49.3 Å². The molecule has 3 nitrogen and oxygen atoms in total. The number of alkyl halides is 3. The first-order chi connectivity index (χ1) is 18.4. The molecule has 1 aliphatic heterocycles. The zero-order valence-electron chi connectivity index (χ0n) is 20.9. The number of rotatable bonds is 5. The Balaban J connectivity index is 1.34. The van der Waals surface area contributed by atoms with Gasteiger partial charge in [0.1, 0.15) is 0 Å². The lowest BCUT2D eigenvalue weighted by Gasteiger charge is -2.53. The predicted molar refractivity (Wildman–Crippen MR) is 139 cm³/mol. The number of benzene rings is 2. The van der Waals surface area contributed by atoms with E-state index in [4.69, 9.17) is 0 Å². The molecule has 1 unspecified atom stereocenters. The van der Waals surface area contributed by atoms with Crippen LogP contribution >= 0.6 is 0 Å². The number of pyridine rings is 2. The third kappa shape index (κ3) is 3.46. The number of hydrogen-bond acceptors (Lipinski definition) is 3. The number of hydrogen-bond donors (Lipinski definition) is 0. The van der Waals surface area contributed by atoms with Gasteiger partial charge in [0.25, 0.3) is 0 Å². The quantitative estimate of drug-likeness (QED) is 0.284. The number of aromatic nitrogens is 2. The Morgan fingerprint density at radius 3 is 2.13 bits per heavy atom. The zero-order chi connectivity index (χ0) is 26.0. The van der Waals surface area contributed by atoms with Crippen LogP contribution < -0.4 is 0 Å². The average Bonchev–Trinajstić information content (AvgIpc) is 3.48. The van der Waals surface area contributed by atoms with Crippen molar-refractivity contribution in [2.45, 2.75) is 42.9 Å². The highest BCUT2D eigenvalue weighted by Gasteiger charge is 2.77. The lowest BCUT2D eigenvalue weighted by atomic mass is 9.53. The molecule has 2 aromatic carbocycles. The number of halogens is 3. The summed E-state index contributed by atoms with van der Waals surface area (Å²) in [6, 6.07) is 25.2.